The predicted octanol–water partition coefficient (Wildman–Crippen LogP) is 6.97. The first-order valence-corrected chi connectivity index (χ1v) is 9.63. The molecule has 0 aliphatic heterocycles. The minimum Gasteiger partial charge on any atom is -0.508 e. The van der Waals surface area contributed by atoms with Crippen molar-refractivity contribution in [1.82, 2.24) is 0 Å². The maximum atomic E-state index is 9.52. The average molecular weight is 398 g/mol. The van der Waals surface area contributed by atoms with E-state index in [0.717, 1.165) is 33.8 Å². The van der Waals surface area contributed by atoms with E-state index in [1.54, 1.807) is 36.4 Å². The molecule has 4 heteroatoms. The van der Waals surface area contributed by atoms with Crippen LogP contribution in [0.1, 0.15) is 11.1 Å². The highest BCUT2D eigenvalue weighted by atomic mass is 16.5. The highest BCUT2D eigenvalue weighted by molar-refractivity contribution is 5.65. The van der Waals surface area contributed by atoms with Crippen LogP contribution in [0.4, 0.5) is 0 Å². The molecule has 4 nitrogen and oxygen atoms in total. The van der Waals surface area contributed by atoms with Crippen molar-refractivity contribution in [3.63, 3.8) is 0 Å². The Labute approximate surface area is 175 Å². The lowest BCUT2D eigenvalue weighted by Crippen LogP contribution is -1.88. The first-order chi connectivity index (χ1) is 14.5. The summed E-state index contributed by atoms with van der Waals surface area (Å²) in [6.45, 7) is 3.79. The van der Waals surface area contributed by atoms with Crippen LogP contribution >= 0.6 is 0 Å². The number of ether oxygens (including phenoxy) is 2. The van der Waals surface area contributed by atoms with Crippen LogP contribution in [-0.2, 0) is 0 Å². The van der Waals surface area contributed by atoms with Crippen LogP contribution in [0.3, 0.4) is 0 Å². The van der Waals surface area contributed by atoms with Gasteiger partial charge in [-0.15, -0.1) is 0 Å². The second-order valence-electron chi connectivity index (χ2n) is 7.15. The van der Waals surface area contributed by atoms with Crippen molar-refractivity contribution in [2.45, 2.75) is 13.8 Å². The van der Waals surface area contributed by atoms with E-state index in [9.17, 15) is 10.2 Å². The Morgan fingerprint density at radius 1 is 0.500 bits per heavy atom. The van der Waals surface area contributed by atoms with Crippen molar-refractivity contribution in [1.29, 1.82) is 0 Å². The van der Waals surface area contributed by atoms with E-state index in [1.807, 2.05) is 62.4 Å². The lowest BCUT2D eigenvalue weighted by atomic mass is 10.1. The summed E-state index contributed by atoms with van der Waals surface area (Å²) in [6, 6.07) is 25.8. The van der Waals surface area contributed by atoms with E-state index in [4.69, 9.17) is 9.47 Å². The quantitative estimate of drug-likeness (QED) is 0.381. The molecule has 0 aliphatic carbocycles. The van der Waals surface area contributed by atoms with Crippen LogP contribution in [-0.4, -0.2) is 10.2 Å². The highest BCUT2D eigenvalue weighted by Crippen LogP contribution is 2.32. The molecule has 0 spiro atoms. The molecule has 0 aliphatic rings. The number of aryl methyl sites for hydroxylation is 2. The molecule has 0 bridgehead atoms. The fourth-order valence-corrected chi connectivity index (χ4v) is 3.18. The second-order valence-corrected chi connectivity index (χ2v) is 7.15. The molecule has 4 aromatic rings. The summed E-state index contributed by atoms with van der Waals surface area (Å²) in [6.07, 6.45) is 0. The first kappa shape index (κ1) is 19.4. The van der Waals surface area contributed by atoms with Gasteiger partial charge in [-0.05, 0) is 96.8 Å². The number of hydrogen-bond donors (Lipinski definition) is 2. The summed E-state index contributed by atoms with van der Waals surface area (Å²) >= 11 is 0. The Balaban J connectivity index is 1.46. The van der Waals surface area contributed by atoms with Gasteiger partial charge < -0.3 is 19.7 Å². The SMILES string of the molecule is Cc1cc(O)ccc1Oc1ccc(-c2ccc(Oc3ccc(O)cc3C)cc2)cc1. The Hall–Kier alpha value is -3.92. The van der Waals surface area contributed by atoms with Gasteiger partial charge in [0.05, 0.1) is 0 Å². The molecule has 0 amide bonds. The molecule has 4 aromatic carbocycles. The van der Waals surface area contributed by atoms with Crippen LogP contribution < -0.4 is 9.47 Å². The van der Waals surface area contributed by atoms with Crippen molar-refractivity contribution >= 4 is 0 Å². The summed E-state index contributed by atoms with van der Waals surface area (Å²) in [5.41, 5.74) is 3.88. The normalized spacial score (nSPS) is 10.6. The monoisotopic (exact) mass is 398 g/mol. The summed E-state index contributed by atoms with van der Waals surface area (Å²) in [7, 11) is 0. The summed E-state index contributed by atoms with van der Waals surface area (Å²) in [4.78, 5) is 0. The third kappa shape index (κ3) is 4.39. The van der Waals surface area contributed by atoms with Crippen LogP contribution in [0.2, 0.25) is 0 Å². The molecule has 0 fully saturated rings. The molecule has 0 saturated heterocycles. The smallest absolute Gasteiger partial charge is 0.130 e. The maximum absolute atomic E-state index is 9.52. The van der Waals surface area contributed by atoms with E-state index < -0.39 is 0 Å². The van der Waals surface area contributed by atoms with Crippen molar-refractivity contribution in [3.05, 3.63) is 96.1 Å². The summed E-state index contributed by atoms with van der Waals surface area (Å²) < 4.78 is 11.8. The molecule has 0 radical (unpaired) electrons. The number of hydrogen-bond acceptors (Lipinski definition) is 4. The number of phenolic OH excluding ortho intramolecular Hbond substituents is 2. The fraction of sp³-hybridized carbons (Fsp3) is 0.0769. The average Bonchev–Trinajstić information content (AvgIpc) is 2.73. The lowest BCUT2D eigenvalue weighted by molar-refractivity contribution is 0.461. The van der Waals surface area contributed by atoms with Gasteiger partial charge in [0.1, 0.15) is 34.5 Å². The van der Waals surface area contributed by atoms with Gasteiger partial charge in [0, 0.05) is 0 Å². The standard InChI is InChI=1S/C26H22O4/c1-17-15-21(27)7-13-25(17)29-23-9-3-19(4-10-23)20-5-11-24(12-6-20)30-26-14-8-22(28)16-18(26)2/h3-16,27-28H,1-2H3. The Morgan fingerprint density at radius 3 is 1.20 bits per heavy atom. The van der Waals surface area contributed by atoms with Crippen molar-refractivity contribution in [3.8, 4) is 45.6 Å². The number of phenols is 2. The van der Waals surface area contributed by atoms with Crippen LogP contribution in [0.25, 0.3) is 11.1 Å². The van der Waals surface area contributed by atoms with Crippen LogP contribution in [0.5, 0.6) is 34.5 Å². The summed E-state index contributed by atoms with van der Waals surface area (Å²) in [5, 5.41) is 19.0. The van der Waals surface area contributed by atoms with Gasteiger partial charge >= 0.3 is 0 Å². The lowest BCUT2D eigenvalue weighted by Gasteiger charge is -2.11. The van der Waals surface area contributed by atoms with Crippen LogP contribution in [0, 0.1) is 13.8 Å². The Kier molecular flexibility index (Phi) is 5.31. The topological polar surface area (TPSA) is 58.9 Å². The minimum absolute atomic E-state index is 0.225. The zero-order chi connectivity index (χ0) is 21.1. The molecule has 150 valence electrons. The van der Waals surface area contributed by atoms with Gasteiger partial charge in [-0.1, -0.05) is 24.3 Å². The Bertz CT molecular complexity index is 1070. The predicted molar refractivity (Wildman–Crippen MR) is 118 cm³/mol. The Morgan fingerprint density at radius 2 is 0.867 bits per heavy atom. The third-order valence-electron chi connectivity index (χ3n) is 4.81. The molecule has 0 unspecified atom stereocenters. The highest BCUT2D eigenvalue weighted by Gasteiger charge is 2.06. The fourth-order valence-electron chi connectivity index (χ4n) is 3.18. The van der Waals surface area contributed by atoms with Gasteiger partial charge in [-0.3, -0.25) is 0 Å². The first-order valence-electron chi connectivity index (χ1n) is 9.63. The zero-order valence-corrected chi connectivity index (χ0v) is 16.8. The van der Waals surface area contributed by atoms with Gasteiger partial charge in [0.15, 0.2) is 0 Å². The molecular weight excluding hydrogens is 376 g/mol. The summed E-state index contributed by atoms with van der Waals surface area (Å²) in [5.74, 6) is 3.34. The molecular formula is C26H22O4. The van der Waals surface area contributed by atoms with Crippen molar-refractivity contribution in [2.75, 3.05) is 0 Å². The van der Waals surface area contributed by atoms with E-state index in [1.165, 1.54) is 0 Å². The van der Waals surface area contributed by atoms with Gasteiger partial charge in [0.2, 0.25) is 0 Å². The van der Waals surface area contributed by atoms with E-state index >= 15 is 0 Å². The van der Waals surface area contributed by atoms with Gasteiger partial charge in [-0.25, -0.2) is 0 Å². The third-order valence-corrected chi connectivity index (χ3v) is 4.81. The number of benzene rings is 4. The van der Waals surface area contributed by atoms with E-state index in [0.29, 0.717) is 11.5 Å². The molecule has 4 rings (SSSR count). The maximum Gasteiger partial charge on any atom is 0.130 e. The minimum atomic E-state index is 0.225. The molecule has 30 heavy (non-hydrogen) atoms. The van der Waals surface area contributed by atoms with Crippen molar-refractivity contribution < 1.29 is 19.7 Å². The molecule has 2 N–H and O–H groups in total. The number of rotatable bonds is 5. The van der Waals surface area contributed by atoms with Crippen LogP contribution in [0.15, 0.2) is 84.9 Å². The van der Waals surface area contributed by atoms with Gasteiger partial charge in [-0.2, -0.15) is 0 Å². The van der Waals surface area contributed by atoms with Gasteiger partial charge in [0.25, 0.3) is 0 Å². The molecule has 0 heterocycles. The second kappa shape index (κ2) is 8.21. The van der Waals surface area contributed by atoms with E-state index in [2.05, 4.69) is 0 Å². The zero-order valence-electron chi connectivity index (χ0n) is 16.8. The largest absolute Gasteiger partial charge is 0.508 e. The molecule has 0 aromatic heterocycles. The van der Waals surface area contributed by atoms with E-state index in [-0.39, 0.29) is 11.5 Å². The molecule has 0 atom stereocenters. The van der Waals surface area contributed by atoms with Crippen molar-refractivity contribution in [2.24, 2.45) is 0 Å². The molecule has 0 saturated carbocycles. The number of aromatic hydroxyl groups is 2.